The van der Waals surface area contributed by atoms with E-state index in [9.17, 15) is 0 Å². The number of pyridine rings is 1. The van der Waals surface area contributed by atoms with E-state index < -0.39 is 0 Å². The Balaban J connectivity index is 2.27. The first-order valence-electron chi connectivity index (χ1n) is 7.20. The first-order chi connectivity index (χ1) is 10.1. The average Bonchev–Trinajstić information content (AvgIpc) is 2.85. The Morgan fingerprint density at radius 1 is 1.33 bits per heavy atom. The largest absolute Gasteiger partial charge is 0.489 e. The molecule has 21 heavy (non-hydrogen) atoms. The van der Waals surface area contributed by atoms with Crippen LogP contribution < -0.4 is 10.1 Å². The summed E-state index contributed by atoms with van der Waals surface area (Å²) < 4.78 is 11.3. The second-order valence-corrected chi connectivity index (χ2v) is 5.52. The molecule has 1 atom stereocenters. The molecule has 2 aromatic rings. The van der Waals surface area contributed by atoms with E-state index in [-0.39, 0.29) is 12.1 Å². The molecule has 114 valence electrons. The Kier molecular flexibility index (Phi) is 5.65. The van der Waals surface area contributed by atoms with Crippen molar-refractivity contribution in [3.63, 3.8) is 0 Å². The van der Waals surface area contributed by atoms with Gasteiger partial charge in [-0.1, -0.05) is 6.92 Å². The van der Waals surface area contributed by atoms with Crippen molar-refractivity contribution in [1.82, 2.24) is 10.3 Å². The number of nitrogens with one attached hydrogen (secondary N) is 1. The number of halogens is 1. The van der Waals surface area contributed by atoms with Crippen LogP contribution in [0.3, 0.4) is 0 Å². The number of rotatable bonds is 7. The lowest BCUT2D eigenvalue weighted by molar-refractivity contribution is 0.241. The van der Waals surface area contributed by atoms with Gasteiger partial charge in [-0.25, -0.2) is 0 Å². The SMILES string of the molecule is CCCNC(c1cncc(OC(C)C)c1)c1ccc(Cl)o1. The quantitative estimate of drug-likeness (QED) is 0.832. The highest BCUT2D eigenvalue weighted by atomic mass is 35.5. The zero-order valence-electron chi connectivity index (χ0n) is 12.6. The fraction of sp³-hybridized carbons (Fsp3) is 0.438. The smallest absolute Gasteiger partial charge is 0.193 e. The summed E-state index contributed by atoms with van der Waals surface area (Å²) in [5, 5.41) is 3.83. The zero-order valence-corrected chi connectivity index (χ0v) is 13.4. The normalized spacial score (nSPS) is 12.6. The maximum atomic E-state index is 5.89. The number of hydrogen-bond acceptors (Lipinski definition) is 4. The number of ether oxygens (including phenoxy) is 1. The molecular weight excluding hydrogens is 288 g/mol. The molecule has 0 aliphatic carbocycles. The summed E-state index contributed by atoms with van der Waals surface area (Å²) in [6.45, 7) is 6.98. The predicted octanol–water partition coefficient (Wildman–Crippen LogP) is 4.20. The van der Waals surface area contributed by atoms with Crippen LogP contribution in [0.2, 0.25) is 5.22 Å². The zero-order chi connectivity index (χ0) is 15.2. The van der Waals surface area contributed by atoms with Gasteiger partial charge in [0.1, 0.15) is 11.5 Å². The van der Waals surface area contributed by atoms with Crippen molar-refractivity contribution >= 4 is 11.6 Å². The molecule has 0 spiro atoms. The summed E-state index contributed by atoms with van der Waals surface area (Å²) in [6.07, 6.45) is 4.68. The van der Waals surface area contributed by atoms with Gasteiger partial charge in [-0.3, -0.25) is 4.98 Å². The van der Waals surface area contributed by atoms with Crippen LogP contribution in [-0.4, -0.2) is 17.6 Å². The highest BCUT2D eigenvalue weighted by Crippen LogP contribution is 2.27. The van der Waals surface area contributed by atoms with Crippen LogP contribution in [0.5, 0.6) is 5.75 Å². The molecule has 0 aliphatic rings. The van der Waals surface area contributed by atoms with Crippen LogP contribution >= 0.6 is 11.6 Å². The van der Waals surface area contributed by atoms with Crippen molar-refractivity contribution in [3.05, 3.63) is 47.1 Å². The van der Waals surface area contributed by atoms with Crippen LogP contribution in [-0.2, 0) is 0 Å². The third-order valence-electron chi connectivity index (χ3n) is 2.92. The van der Waals surface area contributed by atoms with E-state index in [0.29, 0.717) is 5.22 Å². The lowest BCUT2D eigenvalue weighted by Crippen LogP contribution is -2.23. The molecule has 4 nitrogen and oxygen atoms in total. The Labute approximate surface area is 130 Å². The second kappa shape index (κ2) is 7.48. The molecule has 0 saturated heterocycles. The summed E-state index contributed by atoms with van der Waals surface area (Å²) in [5.74, 6) is 1.53. The van der Waals surface area contributed by atoms with Crippen LogP contribution in [0.25, 0.3) is 0 Å². The van der Waals surface area contributed by atoms with Crippen molar-refractivity contribution in [3.8, 4) is 5.75 Å². The van der Waals surface area contributed by atoms with Gasteiger partial charge in [-0.2, -0.15) is 0 Å². The summed E-state index contributed by atoms with van der Waals surface area (Å²) in [7, 11) is 0. The van der Waals surface area contributed by atoms with Gasteiger partial charge in [0.25, 0.3) is 0 Å². The van der Waals surface area contributed by atoms with E-state index in [1.54, 1.807) is 12.3 Å². The molecule has 2 heterocycles. The van der Waals surface area contributed by atoms with Crippen molar-refractivity contribution in [1.29, 1.82) is 0 Å². The van der Waals surface area contributed by atoms with Crippen LogP contribution in [0, 0.1) is 0 Å². The minimum atomic E-state index is -0.0827. The molecule has 0 amide bonds. The van der Waals surface area contributed by atoms with Gasteiger partial charge in [0.05, 0.1) is 18.3 Å². The monoisotopic (exact) mass is 308 g/mol. The fourth-order valence-electron chi connectivity index (χ4n) is 2.08. The topological polar surface area (TPSA) is 47.3 Å². The molecule has 2 rings (SSSR count). The molecule has 0 bridgehead atoms. The highest BCUT2D eigenvalue weighted by molar-refractivity contribution is 6.28. The van der Waals surface area contributed by atoms with Gasteiger partial charge in [-0.15, -0.1) is 0 Å². The number of aromatic nitrogens is 1. The molecule has 1 unspecified atom stereocenters. The van der Waals surface area contributed by atoms with Crippen LogP contribution in [0.15, 0.2) is 35.0 Å². The third-order valence-corrected chi connectivity index (χ3v) is 3.12. The second-order valence-electron chi connectivity index (χ2n) is 5.15. The van der Waals surface area contributed by atoms with Crippen molar-refractivity contribution < 1.29 is 9.15 Å². The molecule has 0 radical (unpaired) electrons. The summed E-state index contributed by atoms with van der Waals surface area (Å²) in [5.41, 5.74) is 0.993. The van der Waals surface area contributed by atoms with Crippen LogP contribution in [0.1, 0.15) is 44.6 Å². The number of hydrogen-bond donors (Lipinski definition) is 1. The van der Waals surface area contributed by atoms with Gasteiger partial charge >= 0.3 is 0 Å². The molecule has 1 N–H and O–H groups in total. The van der Waals surface area contributed by atoms with Gasteiger partial charge < -0.3 is 14.5 Å². The lowest BCUT2D eigenvalue weighted by Gasteiger charge is -2.18. The average molecular weight is 309 g/mol. The molecule has 0 fully saturated rings. The first-order valence-corrected chi connectivity index (χ1v) is 7.58. The van der Waals surface area contributed by atoms with Crippen molar-refractivity contribution in [2.24, 2.45) is 0 Å². The van der Waals surface area contributed by atoms with E-state index in [1.807, 2.05) is 32.2 Å². The lowest BCUT2D eigenvalue weighted by atomic mass is 10.1. The Morgan fingerprint density at radius 3 is 2.76 bits per heavy atom. The summed E-state index contributed by atoms with van der Waals surface area (Å²) in [6, 6.07) is 5.53. The van der Waals surface area contributed by atoms with Crippen LogP contribution in [0.4, 0.5) is 0 Å². The molecule has 0 aromatic carbocycles. The van der Waals surface area contributed by atoms with Gasteiger partial charge in [0, 0.05) is 6.20 Å². The predicted molar refractivity (Wildman–Crippen MR) is 83.9 cm³/mol. The van der Waals surface area contributed by atoms with Crippen molar-refractivity contribution in [2.75, 3.05) is 6.54 Å². The van der Waals surface area contributed by atoms with E-state index in [4.69, 9.17) is 20.8 Å². The minimum absolute atomic E-state index is 0.0827. The van der Waals surface area contributed by atoms with Gasteiger partial charge in [0.2, 0.25) is 0 Å². The van der Waals surface area contributed by atoms with E-state index >= 15 is 0 Å². The van der Waals surface area contributed by atoms with Crippen molar-refractivity contribution in [2.45, 2.75) is 39.3 Å². The molecule has 5 heteroatoms. The first kappa shape index (κ1) is 15.9. The molecule has 0 saturated carbocycles. The Morgan fingerprint density at radius 2 is 2.14 bits per heavy atom. The third kappa shape index (κ3) is 4.48. The Hall–Kier alpha value is -1.52. The highest BCUT2D eigenvalue weighted by Gasteiger charge is 2.18. The summed E-state index contributed by atoms with van der Waals surface area (Å²) in [4.78, 5) is 4.26. The molecule has 0 aliphatic heterocycles. The van der Waals surface area contributed by atoms with E-state index in [2.05, 4.69) is 17.2 Å². The van der Waals surface area contributed by atoms with Gasteiger partial charge in [-0.05, 0) is 62.2 Å². The van der Waals surface area contributed by atoms with Gasteiger partial charge in [0.15, 0.2) is 5.22 Å². The Bertz CT molecular complexity index is 569. The maximum absolute atomic E-state index is 5.89. The summed E-state index contributed by atoms with van der Waals surface area (Å²) >= 11 is 5.89. The molecule has 2 aromatic heterocycles. The molecular formula is C16H21ClN2O2. The minimum Gasteiger partial charge on any atom is -0.489 e. The number of nitrogens with zero attached hydrogens (tertiary/aromatic N) is 1. The van der Waals surface area contributed by atoms with E-state index in [0.717, 1.165) is 30.0 Å². The standard InChI is InChI=1S/C16H21ClN2O2/c1-4-7-19-16(14-5-6-15(17)21-14)12-8-13(10-18-9-12)20-11(2)3/h5-6,8-11,16,19H,4,7H2,1-3H3. The number of furan rings is 1. The fourth-order valence-corrected chi connectivity index (χ4v) is 2.24. The van der Waals surface area contributed by atoms with E-state index in [1.165, 1.54) is 0 Å². The maximum Gasteiger partial charge on any atom is 0.193 e.